The molecule has 2 N–H and O–H groups in total. The zero-order valence-corrected chi connectivity index (χ0v) is 27.8. The van der Waals surface area contributed by atoms with Crippen LogP contribution in [0.4, 0.5) is 4.79 Å². The van der Waals surface area contributed by atoms with Crippen LogP contribution in [0.5, 0.6) is 0 Å². The fraction of sp³-hybridized carbons (Fsp3) is 0.688. The zero-order valence-electron chi connectivity index (χ0n) is 27.0. The number of alkyl carbamates (subject to hydrolysis) is 1. The predicted molar refractivity (Wildman–Crippen MR) is 170 cm³/mol. The summed E-state index contributed by atoms with van der Waals surface area (Å²) in [6, 6.07) is 3.96. The molecule has 0 aliphatic rings. The van der Waals surface area contributed by atoms with Gasteiger partial charge < -0.3 is 25.0 Å². The number of carbonyl (C=O) groups excluding carboxylic acids is 4. The largest absolute Gasteiger partial charge is 0.466 e. The normalized spacial score (nSPS) is 12.7. The van der Waals surface area contributed by atoms with E-state index in [1.54, 1.807) is 44.4 Å². The maximum Gasteiger partial charge on any atom is 0.408 e. The summed E-state index contributed by atoms with van der Waals surface area (Å²) in [5, 5.41) is 5.66. The first-order valence-corrected chi connectivity index (χ1v) is 16.5. The number of amides is 3. The van der Waals surface area contributed by atoms with Gasteiger partial charge in [0.15, 0.2) is 0 Å². The Hall–Kier alpha value is -2.75. The van der Waals surface area contributed by atoms with Crippen molar-refractivity contribution >= 4 is 35.6 Å². The minimum Gasteiger partial charge on any atom is -0.466 e. The molecule has 3 amide bonds. The number of carbonyl (C=O) groups is 4. The van der Waals surface area contributed by atoms with E-state index in [2.05, 4.69) is 17.6 Å². The second kappa shape index (κ2) is 19.4. The van der Waals surface area contributed by atoms with Crippen molar-refractivity contribution in [2.24, 2.45) is 0 Å². The van der Waals surface area contributed by atoms with E-state index in [9.17, 15) is 19.2 Å². The van der Waals surface area contributed by atoms with E-state index in [4.69, 9.17) is 9.47 Å². The molecular formula is C32H53N3O6S. The number of thioether (sulfide) groups is 1. The smallest absolute Gasteiger partial charge is 0.408 e. The summed E-state index contributed by atoms with van der Waals surface area (Å²) in [5.74, 6) is -0.474. The fourth-order valence-corrected chi connectivity index (χ4v) is 5.17. The summed E-state index contributed by atoms with van der Waals surface area (Å²) in [4.78, 5) is 54.7. The maximum absolute atomic E-state index is 14.4. The van der Waals surface area contributed by atoms with Crippen LogP contribution in [0.2, 0.25) is 0 Å². The van der Waals surface area contributed by atoms with Crippen molar-refractivity contribution in [1.29, 1.82) is 0 Å². The van der Waals surface area contributed by atoms with E-state index >= 15 is 0 Å². The summed E-state index contributed by atoms with van der Waals surface area (Å²) in [5.41, 5.74) is 1.78. The number of esters is 1. The lowest BCUT2D eigenvalue weighted by atomic mass is 9.93. The van der Waals surface area contributed by atoms with Gasteiger partial charge in [-0.25, -0.2) is 4.79 Å². The number of rotatable bonds is 18. The minimum atomic E-state index is -0.940. The third-order valence-corrected chi connectivity index (χ3v) is 7.34. The van der Waals surface area contributed by atoms with Crippen molar-refractivity contribution in [3.05, 3.63) is 34.9 Å². The second-order valence-electron chi connectivity index (χ2n) is 11.5. The quantitative estimate of drug-likeness (QED) is 0.159. The molecule has 0 saturated carbocycles. The van der Waals surface area contributed by atoms with Gasteiger partial charge in [0.25, 0.3) is 0 Å². The standard InChI is InChI=1S/C32H53N3O6S/c1-9-11-12-13-14-21-35(30(38)25(19-22-42-8)34-31(39)41-32(5,6)7)28(27-23(3)16-15-17-24(27)4)29(37)33-20-18-26(36)40-10-2/h15-17,25,28H,9-14,18-22H2,1-8H3,(H,33,37)(H,34,39). The summed E-state index contributed by atoms with van der Waals surface area (Å²) in [7, 11) is 0. The number of aryl methyl sites for hydroxylation is 2. The van der Waals surface area contributed by atoms with Gasteiger partial charge in [-0.15, -0.1) is 0 Å². The molecule has 0 radical (unpaired) electrons. The van der Waals surface area contributed by atoms with Gasteiger partial charge in [-0.3, -0.25) is 14.4 Å². The van der Waals surface area contributed by atoms with E-state index in [1.165, 1.54) is 0 Å². The Bertz CT molecular complexity index is 990. The van der Waals surface area contributed by atoms with Gasteiger partial charge in [0.05, 0.1) is 13.0 Å². The van der Waals surface area contributed by atoms with E-state index in [0.29, 0.717) is 25.1 Å². The Morgan fingerprint density at radius 2 is 1.64 bits per heavy atom. The molecule has 2 atom stereocenters. The van der Waals surface area contributed by atoms with Crippen LogP contribution in [0.25, 0.3) is 0 Å². The van der Waals surface area contributed by atoms with Gasteiger partial charge in [0, 0.05) is 13.1 Å². The SMILES string of the molecule is CCCCCCCN(C(=O)C(CCSC)NC(=O)OC(C)(C)C)C(C(=O)NCCC(=O)OCC)c1c(C)cccc1C. The third kappa shape index (κ3) is 13.5. The fourth-order valence-electron chi connectivity index (χ4n) is 4.70. The van der Waals surface area contributed by atoms with Gasteiger partial charge in [-0.2, -0.15) is 11.8 Å². The molecule has 0 saturated heterocycles. The number of nitrogens with zero attached hydrogens (tertiary/aromatic N) is 1. The molecule has 10 heteroatoms. The first kappa shape index (κ1) is 37.3. The Balaban J connectivity index is 3.51. The Labute approximate surface area is 257 Å². The summed E-state index contributed by atoms with van der Waals surface area (Å²) < 4.78 is 10.5. The maximum atomic E-state index is 14.4. The van der Waals surface area contributed by atoms with Crippen LogP contribution in [-0.4, -0.2) is 72.1 Å². The van der Waals surface area contributed by atoms with Crippen LogP contribution in [0.15, 0.2) is 18.2 Å². The van der Waals surface area contributed by atoms with Crippen molar-refractivity contribution < 1.29 is 28.7 Å². The number of hydrogen-bond donors (Lipinski definition) is 2. The van der Waals surface area contributed by atoms with Gasteiger partial charge in [-0.05, 0) is 83.1 Å². The van der Waals surface area contributed by atoms with E-state index in [1.807, 2.05) is 38.3 Å². The number of hydrogen-bond acceptors (Lipinski definition) is 7. The monoisotopic (exact) mass is 607 g/mol. The zero-order chi connectivity index (χ0) is 31.7. The lowest BCUT2D eigenvalue weighted by molar-refractivity contribution is -0.144. The van der Waals surface area contributed by atoms with Crippen LogP contribution in [0.3, 0.4) is 0 Å². The molecule has 0 fully saturated rings. The van der Waals surface area contributed by atoms with Gasteiger partial charge in [0.1, 0.15) is 17.7 Å². The van der Waals surface area contributed by atoms with Crippen molar-refractivity contribution in [3.63, 3.8) is 0 Å². The first-order chi connectivity index (χ1) is 19.9. The number of nitrogens with one attached hydrogen (secondary N) is 2. The van der Waals surface area contributed by atoms with Crippen LogP contribution >= 0.6 is 11.8 Å². The Morgan fingerprint density at radius 1 is 1.00 bits per heavy atom. The number of ether oxygens (including phenoxy) is 2. The van der Waals surface area contributed by atoms with Gasteiger partial charge >= 0.3 is 12.1 Å². The van der Waals surface area contributed by atoms with Crippen LogP contribution in [-0.2, 0) is 23.9 Å². The highest BCUT2D eigenvalue weighted by atomic mass is 32.2. The Morgan fingerprint density at radius 3 is 2.21 bits per heavy atom. The van der Waals surface area contributed by atoms with E-state index < -0.39 is 29.7 Å². The molecule has 0 heterocycles. The second-order valence-corrected chi connectivity index (χ2v) is 12.5. The molecule has 0 spiro atoms. The molecule has 0 aliphatic heterocycles. The highest BCUT2D eigenvalue weighted by molar-refractivity contribution is 7.98. The van der Waals surface area contributed by atoms with Crippen LogP contribution in [0.1, 0.15) is 102 Å². The van der Waals surface area contributed by atoms with Crippen LogP contribution in [0, 0.1) is 13.8 Å². The third-order valence-electron chi connectivity index (χ3n) is 6.69. The number of unbranched alkanes of at least 4 members (excludes halogenated alkanes) is 4. The van der Waals surface area contributed by atoms with Crippen LogP contribution < -0.4 is 10.6 Å². The molecule has 42 heavy (non-hydrogen) atoms. The topological polar surface area (TPSA) is 114 Å². The number of benzene rings is 1. The molecule has 0 bridgehead atoms. The summed E-state index contributed by atoms with van der Waals surface area (Å²) in [6.07, 6.45) is 6.53. The average molecular weight is 608 g/mol. The highest BCUT2D eigenvalue weighted by Gasteiger charge is 2.37. The molecule has 1 aromatic rings. The van der Waals surface area contributed by atoms with E-state index in [-0.39, 0.29) is 31.4 Å². The average Bonchev–Trinajstić information content (AvgIpc) is 2.90. The first-order valence-electron chi connectivity index (χ1n) is 15.1. The van der Waals surface area contributed by atoms with Crippen molar-refractivity contribution in [2.45, 2.75) is 111 Å². The molecule has 0 aliphatic carbocycles. The summed E-state index contributed by atoms with van der Waals surface area (Å²) in [6.45, 7) is 13.7. The highest BCUT2D eigenvalue weighted by Crippen LogP contribution is 2.29. The molecule has 238 valence electrons. The Kier molecular flexibility index (Phi) is 17.3. The molecule has 1 rings (SSSR count). The van der Waals surface area contributed by atoms with Crippen molar-refractivity contribution in [3.8, 4) is 0 Å². The molecular weight excluding hydrogens is 554 g/mol. The minimum absolute atomic E-state index is 0.0283. The van der Waals surface area contributed by atoms with Gasteiger partial charge in [-0.1, -0.05) is 50.8 Å². The lowest BCUT2D eigenvalue weighted by Crippen LogP contribution is -2.53. The van der Waals surface area contributed by atoms with Gasteiger partial charge in [0.2, 0.25) is 11.8 Å². The summed E-state index contributed by atoms with van der Waals surface area (Å²) >= 11 is 1.57. The molecule has 9 nitrogen and oxygen atoms in total. The van der Waals surface area contributed by atoms with E-state index in [0.717, 1.165) is 42.4 Å². The van der Waals surface area contributed by atoms with Crippen molar-refractivity contribution in [2.75, 3.05) is 31.7 Å². The lowest BCUT2D eigenvalue weighted by Gasteiger charge is -2.36. The molecule has 0 aromatic heterocycles. The molecule has 2 unspecified atom stereocenters. The predicted octanol–water partition coefficient (Wildman–Crippen LogP) is 5.86. The van der Waals surface area contributed by atoms with Crippen molar-refractivity contribution in [1.82, 2.24) is 15.5 Å². The molecule has 1 aromatic carbocycles.